The maximum Gasteiger partial charge on any atom is 0.279 e. The molecule has 0 aromatic rings. The maximum atomic E-state index is 10.8. The zero-order valence-electron chi connectivity index (χ0n) is 6.81. The number of hydrogen-bond donors (Lipinski definition) is 1. The Bertz CT molecular complexity index is 104. The molecule has 1 amide bonds. The Morgan fingerprint density at radius 3 is 2.60 bits per heavy atom. The Morgan fingerprint density at radius 1 is 1.60 bits per heavy atom. The van der Waals surface area contributed by atoms with Gasteiger partial charge in [0, 0.05) is 6.54 Å². The van der Waals surface area contributed by atoms with Gasteiger partial charge in [-0.2, -0.15) is 0 Å². The van der Waals surface area contributed by atoms with Gasteiger partial charge in [-0.15, -0.1) is 0 Å². The smallest absolute Gasteiger partial charge is 0.279 e. The second-order valence-electron chi connectivity index (χ2n) is 2.50. The fourth-order valence-corrected chi connectivity index (χ4v) is 0.917. The van der Waals surface area contributed by atoms with Crippen LogP contribution in [0.5, 0.6) is 0 Å². The van der Waals surface area contributed by atoms with Crippen LogP contribution in [-0.4, -0.2) is 17.5 Å². The van der Waals surface area contributed by atoms with Crippen LogP contribution in [0.1, 0.15) is 20.8 Å². The average Bonchev–Trinajstić information content (AvgIpc) is 1.85. The first-order chi connectivity index (χ1) is 4.66. The highest BCUT2D eigenvalue weighted by Gasteiger charge is 1.99. The molecule has 0 aromatic carbocycles. The fourth-order valence-electron chi connectivity index (χ4n) is 0.470. The lowest BCUT2D eigenvalue weighted by atomic mass is 10.2. The first-order valence-corrected chi connectivity index (χ1v) is 4.56. The molecule has 0 aliphatic carbocycles. The summed E-state index contributed by atoms with van der Waals surface area (Å²) < 4.78 is 0. The third-order valence-corrected chi connectivity index (χ3v) is 1.63. The molecule has 0 aliphatic heterocycles. The van der Waals surface area contributed by atoms with Crippen molar-refractivity contribution < 1.29 is 4.79 Å². The van der Waals surface area contributed by atoms with Gasteiger partial charge in [0.2, 0.25) is 0 Å². The number of carbonyl (C=O) groups is 1. The van der Waals surface area contributed by atoms with Crippen LogP contribution in [0.25, 0.3) is 0 Å². The van der Waals surface area contributed by atoms with Crippen LogP contribution >= 0.6 is 11.8 Å². The molecule has 0 fully saturated rings. The van der Waals surface area contributed by atoms with Gasteiger partial charge in [0.05, 0.1) is 0 Å². The second kappa shape index (κ2) is 5.59. The van der Waals surface area contributed by atoms with Crippen molar-refractivity contribution in [1.29, 1.82) is 0 Å². The summed E-state index contributed by atoms with van der Waals surface area (Å²) in [4.78, 5) is 10.8. The fraction of sp³-hybridized carbons (Fsp3) is 0.857. The van der Waals surface area contributed by atoms with Crippen LogP contribution < -0.4 is 5.32 Å². The lowest BCUT2D eigenvalue weighted by Crippen LogP contribution is -2.23. The van der Waals surface area contributed by atoms with Gasteiger partial charge in [-0.05, 0) is 11.7 Å². The van der Waals surface area contributed by atoms with E-state index < -0.39 is 0 Å². The predicted molar refractivity (Wildman–Crippen MR) is 46.4 cm³/mol. The van der Waals surface area contributed by atoms with E-state index >= 15 is 0 Å². The van der Waals surface area contributed by atoms with Crippen molar-refractivity contribution in [2.75, 3.05) is 12.3 Å². The van der Waals surface area contributed by atoms with Crippen LogP contribution in [0.2, 0.25) is 0 Å². The summed E-state index contributed by atoms with van der Waals surface area (Å²) in [6, 6.07) is 0. The third kappa shape index (κ3) is 5.95. The molecule has 1 N–H and O–H groups in total. The van der Waals surface area contributed by atoms with Crippen LogP contribution in [0.4, 0.5) is 4.79 Å². The molecule has 0 bridgehead atoms. The van der Waals surface area contributed by atoms with Crippen molar-refractivity contribution in [3.8, 4) is 0 Å². The van der Waals surface area contributed by atoms with Crippen molar-refractivity contribution in [3.05, 3.63) is 0 Å². The molecule has 60 valence electrons. The minimum absolute atomic E-state index is 0.0937. The van der Waals surface area contributed by atoms with Crippen LogP contribution in [-0.2, 0) is 0 Å². The molecular formula is C7H15NOS. The van der Waals surface area contributed by atoms with Gasteiger partial charge in [-0.25, -0.2) is 0 Å². The summed E-state index contributed by atoms with van der Waals surface area (Å²) in [6.45, 7) is 6.92. The molecular weight excluding hydrogens is 146 g/mol. The zero-order chi connectivity index (χ0) is 7.98. The predicted octanol–water partition coefficient (Wildman–Crippen LogP) is 2.11. The Morgan fingerprint density at radius 2 is 2.20 bits per heavy atom. The molecule has 0 unspecified atom stereocenters. The van der Waals surface area contributed by atoms with E-state index in [0.29, 0.717) is 5.92 Å². The van der Waals surface area contributed by atoms with Crippen LogP contribution in [0, 0.1) is 5.92 Å². The van der Waals surface area contributed by atoms with E-state index in [1.807, 2.05) is 6.92 Å². The van der Waals surface area contributed by atoms with Crippen molar-refractivity contribution in [2.45, 2.75) is 20.8 Å². The van der Waals surface area contributed by atoms with E-state index in [-0.39, 0.29) is 5.24 Å². The quantitative estimate of drug-likeness (QED) is 0.687. The number of thioether (sulfide) groups is 1. The number of amides is 1. The minimum Gasteiger partial charge on any atom is -0.347 e. The number of rotatable bonds is 3. The Kier molecular flexibility index (Phi) is 5.49. The van der Waals surface area contributed by atoms with Gasteiger partial charge in [0.1, 0.15) is 0 Å². The van der Waals surface area contributed by atoms with E-state index in [4.69, 9.17) is 0 Å². The summed E-state index contributed by atoms with van der Waals surface area (Å²) in [5.74, 6) is 1.39. The van der Waals surface area contributed by atoms with Gasteiger partial charge in [0.15, 0.2) is 0 Å². The standard InChI is InChI=1S/C7H15NOS/c1-4-10-7(9)8-5-6(2)3/h6H,4-5H2,1-3H3,(H,8,9). The number of carbonyl (C=O) groups excluding carboxylic acids is 1. The highest BCUT2D eigenvalue weighted by Crippen LogP contribution is 1.99. The zero-order valence-corrected chi connectivity index (χ0v) is 7.62. The molecule has 0 heterocycles. The maximum absolute atomic E-state index is 10.8. The lowest BCUT2D eigenvalue weighted by Gasteiger charge is -2.05. The first-order valence-electron chi connectivity index (χ1n) is 3.57. The normalized spacial score (nSPS) is 10.0. The van der Waals surface area contributed by atoms with Crippen molar-refractivity contribution in [3.63, 3.8) is 0 Å². The molecule has 2 nitrogen and oxygen atoms in total. The highest BCUT2D eigenvalue weighted by molar-refractivity contribution is 8.13. The van der Waals surface area contributed by atoms with Gasteiger partial charge >= 0.3 is 0 Å². The molecule has 0 aromatic heterocycles. The molecule has 0 spiro atoms. The molecule has 0 rings (SSSR count). The summed E-state index contributed by atoms with van der Waals surface area (Å²) in [7, 11) is 0. The molecule has 10 heavy (non-hydrogen) atoms. The third-order valence-electron chi connectivity index (χ3n) is 0.930. The van der Waals surface area contributed by atoms with Gasteiger partial charge in [0.25, 0.3) is 5.24 Å². The van der Waals surface area contributed by atoms with E-state index in [0.717, 1.165) is 12.3 Å². The lowest BCUT2D eigenvalue weighted by molar-refractivity contribution is 0.259. The average molecular weight is 161 g/mol. The van der Waals surface area contributed by atoms with Gasteiger partial charge in [-0.3, -0.25) is 4.79 Å². The second-order valence-corrected chi connectivity index (χ2v) is 3.73. The highest BCUT2D eigenvalue weighted by atomic mass is 32.2. The topological polar surface area (TPSA) is 29.1 Å². The largest absolute Gasteiger partial charge is 0.347 e. The van der Waals surface area contributed by atoms with E-state index in [1.165, 1.54) is 11.8 Å². The monoisotopic (exact) mass is 161 g/mol. The molecule has 0 saturated carbocycles. The van der Waals surface area contributed by atoms with E-state index in [1.54, 1.807) is 0 Å². The minimum atomic E-state index is 0.0937. The molecule has 3 heteroatoms. The Hall–Kier alpha value is -0.180. The van der Waals surface area contributed by atoms with Gasteiger partial charge in [-0.1, -0.05) is 32.5 Å². The van der Waals surface area contributed by atoms with E-state index in [9.17, 15) is 4.79 Å². The molecule has 0 saturated heterocycles. The summed E-state index contributed by atoms with van der Waals surface area (Å²) in [6.07, 6.45) is 0. The number of hydrogen-bond acceptors (Lipinski definition) is 2. The first kappa shape index (κ1) is 9.82. The summed E-state index contributed by atoms with van der Waals surface area (Å²) in [5, 5.41) is 2.90. The molecule has 0 aliphatic rings. The van der Waals surface area contributed by atoms with Crippen molar-refractivity contribution >= 4 is 17.0 Å². The van der Waals surface area contributed by atoms with Crippen molar-refractivity contribution in [1.82, 2.24) is 5.32 Å². The van der Waals surface area contributed by atoms with E-state index in [2.05, 4.69) is 19.2 Å². The van der Waals surface area contributed by atoms with Crippen LogP contribution in [0.3, 0.4) is 0 Å². The SMILES string of the molecule is CCSC(=O)NCC(C)C. The van der Waals surface area contributed by atoms with Crippen LogP contribution in [0.15, 0.2) is 0 Å². The summed E-state index contributed by atoms with van der Waals surface area (Å²) >= 11 is 1.32. The Balaban J connectivity index is 3.22. The molecule has 0 atom stereocenters. The Labute approximate surface area is 66.8 Å². The van der Waals surface area contributed by atoms with Gasteiger partial charge < -0.3 is 5.32 Å². The summed E-state index contributed by atoms with van der Waals surface area (Å²) in [5.41, 5.74) is 0. The van der Waals surface area contributed by atoms with Crippen molar-refractivity contribution in [2.24, 2.45) is 5.92 Å². The number of nitrogens with one attached hydrogen (secondary N) is 1. The molecule has 0 radical (unpaired) electrons.